The number of nitrogens with zero attached hydrogens (tertiary/aromatic N) is 1. The highest BCUT2D eigenvalue weighted by Gasteiger charge is 2.10. The first kappa shape index (κ1) is 16.3. The Balaban J connectivity index is 1.60. The summed E-state index contributed by atoms with van der Waals surface area (Å²) in [5, 5.41) is 9.77. The van der Waals surface area contributed by atoms with E-state index >= 15 is 0 Å². The fraction of sp³-hybridized carbons (Fsp3) is 0.500. The summed E-state index contributed by atoms with van der Waals surface area (Å²) in [4.78, 5) is 11.9. The summed E-state index contributed by atoms with van der Waals surface area (Å²) in [6, 6.07) is 5.51. The molecule has 1 amide bonds. The van der Waals surface area contributed by atoms with E-state index in [0.717, 1.165) is 24.3 Å². The van der Waals surface area contributed by atoms with Crippen LogP contribution in [0.5, 0.6) is 0 Å². The molecule has 22 heavy (non-hydrogen) atoms. The van der Waals surface area contributed by atoms with Crippen LogP contribution in [0, 0.1) is 5.92 Å². The number of carbonyl (C=O) groups is 1. The molecular formula is C16H23N3O3. The SMILES string of the molecule is CC(C)Cc1cc(C(=O)NCCCOCc2ccco2)n[nH]1. The van der Waals surface area contributed by atoms with E-state index in [-0.39, 0.29) is 5.91 Å². The molecule has 0 aliphatic carbocycles. The van der Waals surface area contributed by atoms with Crippen molar-refractivity contribution in [3.05, 3.63) is 41.6 Å². The van der Waals surface area contributed by atoms with Gasteiger partial charge < -0.3 is 14.5 Å². The van der Waals surface area contributed by atoms with Crippen molar-refractivity contribution in [2.75, 3.05) is 13.2 Å². The fourth-order valence-electron chi connectivity index (χ4n) is 2.06. The fourth-order valence-corrected chi connectivity index (χ4v) is 2.06. The van der Waals surface area contributed by atoms with Crippen LogP contribution in [-0.2, 0) is 17.8 Å². The van der Waals surface area contributed by atoms with E-state index in [1.54, 1.807) is 6.26 Å². The highest BCUT2D eigenvalue weighted by Crippen LogP contribution is 2.06. The van der Waals surface area contributed by atoms with Crippen LogP contribution in [0.25, 0.3) is 0 Å². The molecule has 2 aromatic rings. The van der Waals surface area contributed by atoms with E-state index in [2.05, 4.69) is 29.4 Å². The molecule has 0 aliphatic rings. The lowest BCUT2D eigenvalue weighted by Crippen LogP contribution is -2.25. The predicted octanol–water partition coefficient (Wildman–Crippen LogP) is 2.54. The van der Waals surface area contributed by atoms with Gasteiger partial charge in [-0.25, -0.2) is 0 Å². The lowest BCUT2D eigenvalue weighted by atomic mass is 10.1. The number of aromatic amines is 1. The molecule has 0 radical (unpaired) electrons. The Hall–Kier alpha value is -2.08. The summed E-state index contributed by atoms with van der Waals surface area (Å²) in [6.07, 6.45) is 3.26. The third kappa shape index (κ3) is 5.37. The maximum Gasteiger partial charge on any atom is 0.271 e. The van der Waals surface area contributed by atoms with E-state index in [9.17, 15) is 4.79 Å². The highest BCUT2D eigenvalue weighted by atomic mass is 16.5. The molecule has 6 nitrogen and oxygen atoms in total. The van der Waals surface area contributed by atoms with Crippen LogP contribution in [0.15, 0.2) is 28.9 Å². The van der Waals surface area contributed by atoms with Crippen molar-refractivity contribution in [1.82, 2.24) is 15.5 Å². The van der Waals surface area contributed by atoms with E-state index in [1.165, 1.54) is 0 Å². The van der Waals surface area contributed by atoms with Gasteiger partial charge in [0.1, 0.15) is 18.1 Å². The number of ether oxygens (including phenoxy) is 1. The second kappa shape index (κ2) is 8.38. The largest absolute Gasteiger partial charge is 0.467 e. The van der Waals surface area contributed by atoms with Gasteiger partial charge in [0, 0.05) is 18.8 Å². The summed E-state index contributed by atoms with van der Waals surface area (Å²) >= 11 is 0. The molecule has 0 bridgehead atoms. The van der Waals surface area contributed by atoms with Gasteiger partial charge in [0.25, 0.3) is 5.91 Å². The Morgan fingerprint density at radius 1 is 1.50 bits per heavy atom. The van der Waals surface area contributed by atoms with E-state index in [0.29, 0.717) is 31.4 Å². The normalized spacial score (nSPS) is 11.0. The van der Waals surface area contributed by atoms with Crippen LogP contribution in [0.1, 0.15) is 42.2 Å². The Bertz CT molecular complexity index is 561. The van der Waals surface area contributed by atoms with Crippen LogP contribution in [0.3, 0.4) is 0 Å². The number of carbonyl (C=O) groups excluding carboxylic acids is 1. The lowest BCUT2D eigenvalue weighted by molar-refractivity contribution is 0.0913. The molecule has 0 saturated heterocycles. The number of hydrogen-bond donors (Lipinski definition) is 2. The molecule has 0 atom stereocenters. The Kier molecular flexibility index (Phi) is 6.21. The average Bonchev–Trinajstić information content (AvgIpc) is 3.13. The zero-order chi connectivity index (χ0) is 15.8. The minimum Gasteiger partial charge on any atom is -0.467 e. The number of nitrogens with one attached hydrogen (secondary N) is 2. The lowest BCUT2D eigenvalue weighted by Gasteiger charge is -2.04. The smallest absolute Gasteiger partial charge is 0.271 e. The molecule has 0 unspecified atom stereocenters. The Morgan fingerprint density at radius 2 is 2.36 bits per heavy atom. The maximum atomic E-state index is 11.9. The number of rotatable bonds is 9. The van der Waals surface area contributed by atoms with Crippen molar-refractivity contribution in [3.8, 4) is 0 Å². The molecule has 0 fully saturated rings. The molecule has 120 valence electrons. The third-order valence-electron chi connectivity index (χ3n) is 3.07. The molecule has 2 N–H and O–H groups in total. The number of amides is 1. The third-order valence-corrected chi connectivity index (χ3v) is 3.07. The first-order chi connectivity index (χ1) is 10.6. The van der Waals surface area contributed by atoms with Crippen molar-refractivity contribution < 1.29 is 13.9 Å². The number of H-pyrrole nitrogens is 1. The van der Waals surface area contributed by atoms with Gasteiger partial charge >= 0.3 is 0 Å². The standard InChI is InChI=1S/C16H23N3O3/c1-12(2)9-13-10-15(19-18-13)16(20)17-6-4-7-21-11-14-5-3-8-22-14/h3,5,8,10,12H,4,6-7,9,11H2,1-2H3,(H,17,20)(H,18,19). The van der Waals surface area contributed by atoms with Gasteiger partial charge in [0.2, 0.25) is 0 Å². The van der Waals surface area contributed by atoms with Gasteiger partial charge in [-0.2, -0.15) is 5.10 Å². The molecule has 6 heteroatoms. The zero-order valence-corrected chi connectivity index (χ0v) is 13.1. The Morgan fingerprint density at radius 3 is 3.09 bits per heavy atom. The van der Waals surface area contributed by atoms with Crippen LogP contribution < -0.4 is 5.32 Å². The molecule has 0 saturated carbocycles. The summed E-state index contributed by atoms with van der Waals surface area (Å²) in [5.41, 5.74) is 1.43. The summed E-state index contributed by atoms with van der Waals surface area (Å²) in [6.45, 7) is 5.84. The molecular weight excluding hydrogens is 282 g/mol. The van der Waals surface area contributed by atoms with Crippen LogP contribution >= 0.6 is 0 Å². The molecule has 2 heterocycles. The van der Waals surface area contributed by atoms with Crippen molar-refractivity contribution in [2.24, 2.45) is 5.92 Å². The van der Waals surface area contributed by atoms with Gasteiger partial charge in [0.15, 0.2) is 0 Å². The van der Waals surface area contributed by atoms with Gasteiger partial charge in [-0.1, -0.05) is 13.8 Å². The van der Waals surface area contributed by atoms with Crippen LogP contribution in [0.4, 0.5) is 0 Å². The predicted molar refractivity (Wildman–Crippen MR) is 82.4 cm³/mol. The second-order valence-electron chi connectivity index (χ2n) is 5.62. The Labute approximate surface area is 130 Å². The zero-order valence-electron chi connectivity index (χ0n) is 13.1. The maximum absolute atomic E-state index is 11.9. The molecule has 2 rings (SSSR count). The van der Waals surface area contributed by atoms with Gasteiger partial charge in [-0.3, -0.25) is 9.89 Å². The van der Waals surface area contributed by atoms with Gasteiger partial charge in [-0.05, 0) is 37.0 Å². The summed E-state index contributed by atoms with van der Waals surface area (Å²) in [7, 11) is 0. The van der Waals surface area contributed by atoms with Gasteiger partial charge in [-0.15, -0.1) is 0 Å². The number of hydrogen-bond acceptors (Lipinski definition) is 4. The minimum absolute atomic E-state index is 0.155. The van der Waals surface area contributed by atoms with Crippen molar-refractivity contribution in [2.45, 2.75) is 33.3 Å². The molecule has 0 aromatic carbocycles. The monoisotopic (exact) mass is 305 g/mol. The minimum atomic E-state index is -0.155. The van der Waals surface area contributed by atoms with Crippen LogP contribution in [0.2, 0.25) is 0 Å². The highest BCUT2D eigenvalue weighted by molar-refractivity contribution is 5.92. The number of aromatic nitrogens is 2. The first-order valence-electron chi connectivity index (χ1n) is 7.57. The van der Waals surface area contributed by atoms with E-state index in [1.807, 2.05) is 18.2 Å². The topological polar surface area (TPSA) is 80.2 Å². The summed E-state index contributed by atoms with van der Waals surface area (Å²) < 4.78 is 10.6. The second-order valence-corrected chi connectivity index (χ2v) is 5.62. The van der Waals surface area contributed by atoms with Gasteiger partial charge in [0.05, 0.1) is 6.26 Å². The quantitative estimate of drug-likeness (QED) is 0.698. The first-order valence-corrected chi connectivity index (χ1v) is 7.57. The van der Waals surface area contributed by atoms with Crippen molar-refractivity contribution in [3.63, 3.8) is 0 Å². The summed E-state index contributed by atoms with van der Waals surface area (Å²) in [5.74, 6) is 1.18. The van der Waals surface area contributed by atoms with E-state index in [4.69, 9.17) is 9.15 Å². The van der Waals surface area contributed by atoms with Crippen LogP contribution in [-0.4, -0.2) is 29.3 Å². The molecule has 0 aliphatic heterocycles. The molecule has 2 aromatic heterocycles. The number of furan rings is 1. The molecule has 0 spiro atoms. The average molecular weight is 305 g/mol. The van der Waals surface area contributed by atoms with Crippen molar-refractivity contribution in [1.29, 1.82) is 0 Å². The van der Waals surface area contributed by atoms with Crippen molar-refractivity contribution >= 4 is 5.91 Å². The van der Waals surface area contributed by atoms with E-state index < -0.39 is 0 Å².